The Kier molecular flexibility index (Phi) is 4.67. The van der Waals surface area contributed by atoms with Crippen molar-refractivity contribution in [3.63, 3.8) is 0 Å². The Morgan fingerprint density at radius 2 is 2.08 bits per heavy atom. The highest BCUT2D eigenvalue weighted by Crippen LogP contribution is 2.23. The summed E-state index contributed by atoms with van der Waals surface area (Å²) >= 11 is 5.85. The van der Waals surface area contributed by atoms with E-state index in [0.717, 1.165) is 62.3 Å². The van der Waals surface area contributed by atoms with Gasteiger partial charge in [0.2, 0.25) is 0 Å². The van der Waals surface area contributed by atoms with Crippen LogP contribution in [-0.2, 0) is 19.5 Å². The molecule has 0 amide bonds. The van der Waals surface area contributed by atoms with E-state index in [4.69, 9.17) is 11.6 Å². The quantitative estimate of drug-likeness (QED) is 0.850. The summed E-state index contributed by atoms with van der Waals surface area (Å²) in [5.41, 5.74) is 3.35. The van der Waals surface area contributed by atoms with E-state index in [2.05, 4.69) is 26.9 Å². The Labute approximate surface area is 152 Å². The summed E-state index contributed by atoms with van der Waals surface area (Å²) in [6, 6.07) is 4.12. The molecule has 1 saturated heterocycles. The molecule has 4 heterocycles. The van der Waals surface area contributed by atoms with Crippen molar-refractivity contribution in [3.05, 3.63) is 50.7 Å². The lowest BCUT2D eigenvalue weighted by Crippen LogP contribution is -2.36. The molecule has 6 nitrogen and oxygen atoms in total. The first-order chi connectivity index (χ1) is 12.1. The maximum atomic E-state index is 12.9. The number of halogens is 1. The number of likely N-dealkylation sites (tertiary alicyclic amines) is 1. The van der Waals surface area contributed by atoms with Crippen LogP contribution in [0.4, 0.5) is 0 Å². The number of fused-ring (bicyclic) bond motifs is 1. The standard InChI is InChI=1S/C18H24ClN5O/c1-22-7-4-14(5-8-22)24-18(25)15-12-23(9-6-16(15)21-24)11-13-2-3-17(19)20-10-13/h2-3,10,14,21H,4-9,11-12H2,1H3. The van der Waals surface area contributed by atoms with Gasteiger partial charge < -0.3 is 4.90 Å². The van der Waals surface area contributed by atoms with Gasteiger partial charge in [0.25, 0.3) is 5.56 Å². The number of rotatable bonds is 3. The molecule has 2 aliphatic heterocycles. The zero-order valence-electron chi connectivity index (χ0n) is 14.5. The predicted molar refractivity (Wildman–Crippen MR) is 97.9 cm³/mol. The fraction of sp³-hybridized carbons (Fsp3) is 0.556. The highest BCUT2D eigenvalue weighted by molar-refractivity contribution is 6.29. The van der Waals surface area contributed by atoms with Gasteiger partial charge in [-0.1, -0.05) is 17.7 Å². The summed E-state index contributed by atoms with van der Waals surface area (Å²) in [5, 5.41) is 3.92. The zero-order chi connectivity index (χ0) is 17.4. The average Bonchev–Trinajstić information content (AvgIpc) is 2.94. The van der Waals surface area contributed by atoms with E-state index in [1.807, 2.05) is 23.0 Å². The average molecular weight is 362 g/mol. The SMILES string of the molecule is CN1CCC(n2[nH]c3c(c2=O)CN(Cc2ccc(Cl)nc2)CC3)CC1. The number of hydrogen-bond donors (Lipinski definition) is 1. The van der Waals surface area contributed by atoms with E-state index >= 15 is 0 Å². The van der Waals surface area contributed by atoms with E-state index in [-0.39, 0.29) is 5.56 Å². The largest absolute Gasteiger partial charge is 0.306 e. The molecule has 0 radical (unpaired) electrons. The Morgan fingerprint density at radius 1 is 1.28 bits per heavy atom. The van der Waals surface area contributed by atoms with Gasteiger partial charge in [0.05, 0.1) is 11.6 Å². The smallest absolute Gasteiger partial charge is 0.271 e. The lowest BCUT2D eigenvalue weighted by molar-refractivity contribution is 0.209. The fourth-order valence-electron chi connectivity index (χ4n) is 3.88. The van der Waals surface area contributed by atoms with Crippen molar-refractivity contribution in [3.8, 4) is 0 Å². The summed E-state index contributed by atoms with van der Waals surface area (Å²) in [5.74, 6) is 0. The van der Waals surface area contributed by atoms with Gasteiger partial charge in [0.15, 0.2) is 0 Å². The second kappa shape index (κ2) is 6.94. The molecule has 2 aromatic rings. The molecule has 0 spiro atoms. The van der Waals surface area contributed by atoms with Crippen molar-refractivity contribution in [2.45, 2.75) is 38.4 Å². The van der Waals surface area contributed by atoms with Gasteiger partial charge in [-0.25, -0.2) is 9.67 Å². The van der Waals surface area contributed by atoms with Crippen molar-refractivity contribution in [1.29, 1.82) is 0 Å². The second-order valence-corrected chi connectivity index (χ2v) is 7.62. The van der Waals surface area contributed by atoms with Crippen LogP contribution in [0.25, 0.3) is 0 Å². The van der Waals surface area contributed by atoms with E-state index in [9.17, 15) is 4.79 Å². The number of hydrogen-bond acceptors (Lipinski definition) is 4. The van der Waals surface area contributed by atoms with Crippen molar-refractivity contribution >= 4 is 11.6 Å². The van der Waals surface area contributed by atoms with Gasteiger partial charge in [-0.3, -0.25) is 14.8 Å². The van der Waals surface area contributed by atoms with Crippen LogP contribution in [-0.4, -0.2) is 51.2 Å². The van der Waals surface area contributed by atoms with E-state index in [1.165, 1.54) is 0 Å². The minimum Gasteiger partial charge on any atom is -0.306 e. The third-order valence-electron chi connectivity index (χ3n) is 5.40. The zero-order valence-corrected chi connectivity index (χ0v) is 15.3. The first-order valence-electron chi connectivity index (χ1n) is 8.94. The number of nitrogens with zero attached hydrogens (tertiary/aromatic N) is 4. The summed E-state index contributed by atoms with van der Waals surface area (Å²) in [6.45, 7) is 4.55. The minimum absolute atomic E-state index is 0.170. The molecule has 0 atom stereocenters. The molecule has 1 fully saturated rings. The molecule has 7 heteroatoms. The third kappa shape index (κ3) is 3.52. The number of H-pyrrole nitrogens is 1. The maximum absolute atomic E-state index is 12.9. The molecule has 0 aromatic carbocycles. The van der Waals surface area contributed by atoms with Crippen LogP contribution in [0.5, 0.6) is 0 Å². The molecule has 2 aromatic heterocycles. The molecule has 0 saturated carbocycles. The monoisotopic (exact) mass is 361 g/mol. The van der Waals surface area contributed by atoms with Crippen LogP contribution >= 0.6 is 11.6 Å². The highest BCUT2D eigenvalue weighted by atomic mass is 35.5. The molecular weight excluding hydrogens is 338 g/mol. The molecule has 134 valence electrons. The molecule has 0 unspecified atom stereocenters. The van der Waals surface area contributed by atoms with Crippen molar-refractivity contribution in [2.24, 2.45) is 0 Å². The Balaban J connectivity index is 1.49. The summed E-state index contributed by atoms with van der Waals surface area (Å²) in [7, 11) is 2.14. The van der Waals surface area contributed by atoms with E-state index < -0.39 is 0 Å². The van der Waals surface area contributed by atoms with Crippen LogP contribution in [0.1, 0.15) is 35.7 Å². The molecule has 4 rings (SSSR count). The number of aromatic nitrogens is 3. The minimum atomic E-state index is 0.170. The number of nitrogens with one attached hydrogen (secondary N) is 1. The number of pyridine rings is 1. The van der Waals surface area contributed by atoms with Gasteiger partial charge >= 0.3 is 0 Å². The van der Waals surface area contributed by atoms with Crippen LogP contribution in [0, 0.1) is 0 Å². The number of aromatic amines is 1. The predicted octanol–water partition coefficient (Wildman–Crippen LogP) is 2.05. The fourth-order valence-corrected chi connectivity index (χ4v) is 4.00. The van der Waals surface area contributed by atoms with E-state index in [1.54, 1.807) is 0 Å². The van der Waals surface area contributed by atoms with Gasteiger partial charge in [-0.05, 0) is 44.6 Å². The summed E-state index contributed by atoms with van der Waals surface area (Å²) < 4.78 is 1.89. The second-order valence-electron chi connectivity index (χ2n) is 7.23. The van der Waals surface area contributed by atoms with Gasteiger partial charge in [-0.2, -0.15) is 0 Å². The molecule has 0 bridgehead atoms. The van der Waals surface area contributed by atoms with E-state index in [0.29, 0.717) is 17.7 Å². The van der Waals surface area contributed by atoms with Crippen molar-refractivity contribution in [1.82, 2.24) is 24.6 Å². The maximum Gasteiger partial charge on any atom is 0.271 e. The lowest BCUT2D eigenvalue weighted by atomic mass is 10.1. The van der Waals surface area contributed by atoms with Crippen LogP contribution < -0.4 is 5.56 Å². The number of piperidine rings is 1. The van der Waals surface area contributed by atoms with Crippen LogP contribution in [0.3, 0.4) is 0 Å². The summed E-state index contributed by atoms with van der Waals surface area (Å²) in [6.07, 6.45) is 4.78. The molecule has 2 aliphatic rings. The van der Waals surface area contributed by atoms with Crippen LogP contribution in [0.2, 0.25) is 5.15 Å². The van der Waals surface area contributed by atoms with Gasteiger partial charge in [0, 0.05) is 37.9 Å². The van der Waals surface area contributed by atoms with Crippen molar-refractivity contribution in [2.75, 3.05) is 26.7 Å². The Bertz CT molecular complexity index is 789. The van der Waals surface area contributed by atoms with Gasteiger partial charge in [-0.15, -0.1) is 0 Å². The Hall–Kier alpha value is -1.63. The van der Waals surface area contributed by atoms with Crippen molar-refractivity contribution < 1.29 is 0 Å². The molecule has 1 N–H and O–H groups in total. The molecular formula is C18H24ClN5O. The van der Waals surface area contributed by atoms with Gasteiger partial charge in [0.1, 0.15) is 5.15 Å². The Morgan fingerprint density at radius 3 is 2.80 bits per heavy atom. The topological polar surface area (TPSA) is 57.2 Å². The molecule has 0 aliphatic carbocycles. The first kappa shape index (κ1) is 16.8. The first-order valence-corrected chi connectivity index (χ1v) is 9.31. The highest BCUT2D eigenvalue weighted by Gasteiger charge is 2.27. The van der Waals surface area contributed by atoms with Crippen LogP contribution in [0.15, 0.2) is 23.1 Å². The third-order valence-corrected chi connectivity index (χ3v) is 5.63. The molecule has 25 heavy (non-hydrogen) atoms. The lowest BCUT2D eigenvalue weighted by Gasteiger charge is -2.29. The summed E-state index contributed by atoms with van der Waals surface area (Å²) in [4.78, 5) is 21.7. The normalized spacial score (nSPS) is 19.9.